The maximum absolute atomic E-state index is 12.6. The van der Waals surface area contributed by atoms with Gasteiger partial charge in [-0.05, 0) is 18.4 Å². The van der Waals surface area contributed by atoms with Gasteiger partial charge in [0.2, 0.25) is 20.0 Å². The first-order valence-corrected chi connectivity index (χ1v) is 10.1. The third-order valence-electron chi connectivity index (χ3n) is 3.99. The van der Waals surface area contributed by atoms with Gasteiger partial charge >= 0.3 is 0 Å². The molecular weight excluding hydrogens is 328 g/mol. The molecule has 0 unspecified atom stereocenters. The van der Waals surface area contributed by atoms with Gasteiger partial charge in [0.05, 0.1) is 5.75 Å². The fourth-order valence-corrected chi connectivity index (χ4v) is 6.50. The lowest BCUT2D eigenvalue weighted by Crippen LogP contribution is -2.52. The summed E-state index contributed by atoms with van der Waals surface area (Å²) in [6.07, 6.45) is 0.715. The third-order valence-corrected chi connectivity index (χ3v) is 7.59. The van der Waals surface area contributed by atoms with E-state index < -0.39 is 37.2 Å². The van der Waals surface area contributed by atoms with Gasteiger partial charge in [-0.2, -0.15) is 4.31 Å². The van der Waals surface area contributed by atoms with Gasteiger partial charge in [0.25, 0.3) is 5.91 Å². The molecule has 0 radical (unpaired) electrons. The highest BCUT2D eigenvalue weighted by atomic mass is 32.2. The maximum atomic E-state index is 12.6. The van der Waals surface area contributed by atoms with E-state index in [1.807, 2.05) is 4.72 Å². The minimum atomic E-state index is -3.77. The van der Waals surface area contributed by atoms with E-state index in [9.17, 15) is 21.6 Å². The SMILES string of the molecule is O=C1NS(=O)(=O)[C@@H]2CCCN(S(=O)(=O)Cc3ccccc3)[C@H]12. The van der Waals surface area contributed by atoms with E-state index in [4.69, 9.17) is 0 Å². The van der Waals surface area contributed by atoms with Crippen molar-refractivity contribution in [3.63, 3.8) is 0 Å². The molecule has 120 valence electrons. The molecule has 0 aromatic heterocycles. The molecule has 0 spiro atoms. The first-order chi connectivity index (χ1) is 10.3. The molecule has 0 bridgehead atoms. The number of hydrogen-bond acceptors (Lipinski definition) is 5. The second-order valence-corrected chi connectivity index (χ2v) is 9.31. The summed E-state index contributed by atoms with van der Waals surface area (Å²) in [5, 5.41) is -0.987. The fraction of sp³-hybridized carbons (Fsp3) is 0.462. The van der Waals surface area contributed by atoms with Crippen molar-refractivity contribution in [1.29, 1.82) is 0 Å². The zero-order valence-electron chi connectivity index (χ0n) is 11.7. The van der Waals surface area contributed by atoms with Crippen LogP contribution in [0.15, 0.2) is 30.3 Å². The average molecular weight is 344 g/mol. The van der Waals surface area contributed by atoms with Crippen molar-refractivity contribution in [2.45, 2.75) is 29.9 Å². The molecule has 0 saturated carbocycles. The molecule has 3 rings (SSSR count). The van der Waals surface area contributed by atoms with Crippen LogP contribution < -0.4 is 4.72 Å². The van der Waals surface area contributed by atoms with Crippen molar-refractivity contribution >= 4 is 26.0 Å². The Balaban J connectivity index is 1.92. The van der Waals surface area contributed by atoms with Crippen LogP contribution in [-0.4, -0.2) is 44.9 Å². The van der Waals surface area contributed by atoms with E-state index in [1.54, 1.807) is 30.3 Å². The molecule has 0 aliphatic carbocycles. The lowest BCUT2D eigenvalue weighted by molar-refractivity contribution is -0.122. The van der Waals surface area contributed by atoms with Crippen LogP contribution in [0.2, 0.25) is 0 Å². The average Bonchev–Trinajstić information content (AvgIpc) is 2.69. The number of rotatable bonds is 3. The Hall–Kier alpha value is -1.45. The smallest absolute Gasteiger partial charge is 0.253 e. The summed E-state index contributed by atoms with van der Waals surface area (Å²) in [7, 11) is -7.53. The maximum Gasteiger partial charge on any atom is 0.253 e. The number of carbonyl (C=O) groups is 1. The van der Waals surface area contributed by atoms with Crippen molar-refractivity contribution in [2.75, 3.05) is 6.54 Å². The summed E-state index contributed by atoms with van der Waals surface area (Å²) >= 11 is 0. The lowest BCUT2D eigenvalue weighted by Gasteiger charge is -2.33. The largest absolute Gasteiger partial charge is 0.272 e. The van der Waals surface area contributed by atoms with Crippen LogP contribution in [0.3, 0.4) is 0 Å². The summed E-state index contributed by atoms with van der Waals surface area (Å²) in [5.74, 6) is -0.994. The van der Waals surface area contributed by atoms with Crippen LogP contribution in [0.1, 0.15) is 18.4 Å². The van der Waals surface area contributed by atoms with Gasteiger partial charge in [-0.1, -0.05) is 30.3 Å². The van der Waals surface area contributed by atoms with Crippen molar-refractivity contribution in [1.82, 2.24) is 9.03 Å². The third kappa shape index (κ3) is 2.64. The second kappa shape index (κ2) is 5.32. The Morgan fingerprint density at radius 1 is 1.23 bits per heavy atom. The molecule has 1 aromatic carbocycles. The molecule has 1 amide bonds. The van der Waals surface area contributed by atoms with E-state index >= 15 is 0 Å². The van der Waals surface area contributed by atoms with Gasteiger partial charge in [-0.15, -0.1) is 0 Å². The molecule has 1 aromatic rings. The van der Waals surface area contributed by atoms with Crippen LogP contribution in [0.5, 0.6) is 0 Å². The predicted molar refractivity (Wildman–Crippen MR) is 79.6 cm³/mol. The number of carbonyl (C=O) groups excluding carboxylic acids is 1. The summed E-state index contributed by atoms with van der Waals surface area (Å²) in [6, 6.07) is 7.47. The highest BCUT2D eigenvalue weighted by Crippen LogP contribution is 2.31. The Bertz CT molecular complexity index is 789. The number of benzene rings is 1. The van der Waals surface area contributed by atoms with E-state index in [0.29, 0.717) is 18.4 Å². The van der Waals surface area contributed by atoms with Crippen molar-refractivity contribution in [2.24, 2.45) is 0 Å². The van der Waals surface area contributed by atoms with Gasteiger partial charge in [-0.25, -0.2) is 16.8 Å². The number of nitrogens with one attached hydrogen (secondary N) is 1. The van der Waals surface area contributed by atoms with Crippen LogP contribution in [0.25, 0.3) is 0 Å². The number of piperidine rings is 1. The molecule has 2 atom stereocenters. The highest BCUT2D eigenvalue weighted by Gasteiger charge is 2.53. The minimum Gasteiger partial charge on any atom is -0.272 e. The Kier molecular flexibility index (Phi) is 3.74. The van der Waals surface area contributed by atoms with Crippen LogP contribution >= 0.6 is 0 Å². The van der Waals surface area contributed by atoms with Gasteiger partial charge < -0.3 is 0 Å². The first kappa shape index (κ1) is 15.4. The lowest BCUT2D eigenvalue weighted by atomic mass is 10.0. The molecule has 1 N–H and O–H groups in total. The molecular formula is C13H16N2O5S2. The number of sulfonamides is 2. The normalized spacial score (nSPS) is 28.1. The highest BCUT2D eigenvalue weighted by molar-refractivity contribution is 7.91. The monoisotopic (exact) mass is 344 g/mol. The van der Waals surface area contributed by atoms with Crippen LogP contribution in [-0.2, 0) is 30.6 Å². The van der Waals surface area contributed by atoms with Crippen LogP contribution in [0, 0.1) is 0 Å². The van der Waals surface area contributed by atoms with Gasteiger partial charge in [0.15, 0.2) is 0 Å². The summed E-state index contributed by atoms with van der Waals surface area (Å²) in [4.78, 5) is 11.9. The van der Waals surface area contributed by atoms with E-state index in [-0.39, 0.29) is 12.3 Å². The zero-order valence-corrected chi connectivity index (χ0v) is 13.3. The molecule has 9 heteroatoms. The zero-order chi connectivity index (χ0) is 16.0. The molecule has 2 heterocycles. The predicted octanol–water partition coefficient (Wildman–Crippen LogP) is -0.191. The Morgan fingerprint density at radius 2 is 1.91 bits per heavy atom. The molecule has 2 saturated heterocycles. The number of nitrogens with zero attached hydrogens (tertiary/aromatic N) is 1. The quantitative estimate of drug-likeness (QED) is 0.819. The Labute approximate surface area is 129 Å². The number of hydrogen-bond donors (Lipinski definition) is 1. The van der Waals surface area contributed by atoms with Crippen LogP contribution in [0.4, 0.5) is 0 Å². The van der Waals surface area contributed by atoms with E-state index in [1.165, 1.54) is 0 Å². The molecule has 2 aliphatic heterocycles. The molecule has 2 fully saturated rings. The standard InChI is InChI=1S/C13H16N2O5S2/c16-13-12-11(22(19,20)14-13)7-4-8-15(12)21(17,18)9-10-5-2-1-3-6-10/h1-3,5-6,11-12H,4,7-9H2,(H,14,16)/t11-,12+/m1/s1. The van der Waals surface area contributed by atoms with Crippen molar-refractivity contribution in [3.8, 4) is 0 Å². The molecule has 7 nitrogen and oxygen atoms in total. The van der Waals surface area contributed by atoms with Gasteiger partial charge in [-0.3, -0.25) is 9.52 Å². The first-order valence-electron chi connectivity index (χ1n) is 6.90. The summed E-state index contributed by atoms with van der Waals surface area (Å²) in [5.41, 5.74) is 0.603. The Morgan fingerprint density at radius 3 is 2.59 bits per heavy atom. The van der Waals surface area contributed by atoms with E-state index in [2.05, 4.69) is 0 Å². The molecule has 22 heavy (non-hydrogen) atoms. The summed E-state index contributed by atoms with van der Waals surface area (Å²) < 4.78 is 52.0. The van der Waals surface area contributed by atoms with Crippen molar-refractivity contribution in [3.05, 3.63) is 35.9 Å². The number of amides is 1. The second-order valence-electron chi connectivity index (χ2n) is 5.49. The van der Waals surface area contributed by atoms with Crippen molar-refractivity contribution < 1.29 is 21.6 Å². The minimum absolute atomic E-state index is 0.166. The topological polar surface area (TPSA) is 101 Å². The summed E-state index contributed by atoms with van der Waals surface area (Å²) in [6.45, 7) is 0.166. The fourth-order valence-electron chi connectivity index (χ4n) is 3.01. The van der Waals surface area contributed by atoms with Gasteiger partial charge in [0.1, 0.15) is 11.3 Å². The number of fused-ring (bicyclic) bond motifs is 1. The molecule has 2 aliphatic rings. The van der Waals surface area contributed by atoms with E-state index in [0.717, 1.165) is 4.31 Å². The van der Waals surface area contributed by atoms with Gasteiger partial charge in [0, 0.05) is 6.54 Å².